The maximum absolute atomic E-state index is 12.2. The topological polar surface area (TPSA) is 98.1 Å². The molecule has 8 heteroatoms. The lowest BCUT2D eigenvalue weighted by Gasteiger charge is -2.12. The minimum Gasteiger partial charge on any atom is -0.479 e. The number of ether oxygens (including phenoxy) is 1. The Kier molecular flexibility index (Phi) is 6.11. The molecule has 0 aliphatic rings. The Hall–Kier alpha value is -3.42. The van der Waals surface area contributed by atoms with Crippen molar-refractivity contribution in [3.8, 4) is 5.88 Å². The zero-order chi connectivity index (χ0) is 21.0. The van der Waals surface area contributed by atoms with Crippen molar-refractivity contribution in [1.82, 2.24) is 25.6 Å². The first-order valence-corrected chi connectivity index (χ1v) is 9.39. The third-order valence-electron chi connectivity index (χ3n) is 4.87. The number of hydrogen-bond acceptors (Lipinski definition) is 5. The van der Waals surface area contributed by atoms with Gasteiger partial charge in [0.2, 0.25) is 17.7 Å². The molecule has 0 unspecified atom stereocenters. The van der Waals surface area contributed by atoms with Gasteiger partial charge in [0, 0.05) is 19.2 Å². The van der Waals surface area contributed by atoms with Crippen molar-refractivity contribution < 1.29 is 14.3 Å². The maximum Gasteiger partial charge on any atom is 0.242 e. The van der Waals surface area contributed by atoms with E-state index in [9.17, 15) is 9.59 Å². The Morgan fingerprint density at radius 1 is 1.10 bits per heavy atom. The molecule has 0 saturated heterocycles. The molecule has 0 aliphatic carbocycles. The number of aryl methyl sites for hydroxylation is 3. The lowest BCUT2D eigenvalue weighted by Crippen LogP contribution is -2.42. The van der Waals surface area contributed by atoms with E-state index in [1.165, 1.54) is 0 Å². The third kappa shape index (κ3) is 4.53. The summed E-state index contributed by atoms with van der Waals surface area (Å²) in [5.74, 6) is -0.00469. The molecule has 2 aromatic heterocycles. The van der Waals surface area contributed by atoms with Crippen molar-refractivity contribution in [3.05, 3.63) is 52.7 Å². The highest BCUT2D eigenvalue weighted by Crippen LogP contribution is 2.30. The first-order chi connectivity index (χ1) is 13.9. The molecule has 3 aromatic rings. The summed E-state index contributed by atoms with van der Waals surface area (Å²) >= 11 is 0. The molecule has 0 spiro atoms. The average molecular weight is 395 g/mol. The molecular formula is C21H25N5O3. The SMILES string of the molecule is COc1nn(C)c2nc(C)c(CCC(=O)NNC(=O)Cc3ccccc3)c(C)c12. The highest BCUT2D eigenvalue weighted by atomic mass is 16.5. The molecule has 2 N–H and O–H groups in total. The quantitative estimate of drug-likeness (QED) is 0.622. The fraction of sp³-hybridized carbons (Fsp3) is 0.333. The molecule has 1 aromatic carbocycles. The van der Waals surface area contributed by atoms with Crippen molar-refractivity contribution in [1.29, 1.82) is 0 Å². The summed E-state index contributed by atoms with van der Waals surface area (Å²) in [5, 5.41) is 5.19. The molecular weight excluding hydrogens is 370 g/mol. The number of carbonyl (C=O) groups excluding carboxylic acids is 2. The third-order valence-corrected chi connectivity index (χ3v) is 4.87. The van der Waals surface area contributed by atoms with Crippen LogP contribution in [0.3, 0.4) is 0 Å². The normalized spacial score (nSPS) is 10.8. The number of nitrogens with one attached hydrogen (secondary N) is 2. The second-order valence-electron chi connectivity index (χ2n) is 6.89. The van der Waals surface area contributed by atoms with Gasteiger partial charge >= 0.3 is 0 Å². The Morgan fingerprint density at radius 3 is 2.48 bits per heavy atom. The molecule has 152 valence electrons. The van der Waals surface area contributed by atoms with Crippen LogP contribution in [0.4, 0.5) is 0 Å². The Bertz CT molecular complexity index is 1040. The first-order valence-electron chi connectivity index (χ1n) is 9.39. The summed E-state index contributed by atoms with van der Waals surface area (Å²) < 4.78 is 7.05. The van der Waals surface area contributed by atoms with Crippen molar-refractivity contribution in [2.24, 2.45) is 7.05 Å². The van der Waals surface area contributed by atoms with E-state index in [-0.39, 0.29) is 24.7 Å². The zero-order valence-electron chi connectivity index (χ0n) is 17.1. The van der Waals surface area contributed by atoms with Crippen molar-refractivity contribution >= 4 is 22.8 Å². The van der Waals surface area contributed by atoms with E-state index in [1.54, 1.807) is 11.8 Å². The van der Waals surface area contributed by atoms with Gasteiger partial charge in [-0.25, -0.2) is 9.67 Å². The van der Waals surface area contributed by atoms with Crippen LogP contribution in [0.5, 0.6) is 5.88 Å². The van der Waals surface area contributed by atoms with Gasteiger partial charge in [-0.2, -0.15) is 0 Å². The van der Waals surface area contributed by atoms with E-state index >= 15 is 0 Å². The standard InChI is InChI=1S/C21H25N5O3/c1-13-16(14(2)22-20-19(13)21(29-4)25-26(20)3)10-11-17(27)23-24-18(28)12-15-8-6-5-7-9-15/h5-9H,10-12H2,1-4H3,(H,23,27)(H,24,28). The summed E-state index contributed by atoms with van der Waals surface area (Å²) in [4.78, 5) is 28.8. The van der Waals surface area contributed by atoms with Gasteiger partial charge in [0.15, 0.2) is 5.65 Å². The first kappa shape index (κ1) is 20.3. The molecule has 0 aliphatic heterocycles. The van der Waals surface area contributed by atoms with Crippen LogP contribution in [0.1, 0.15) is 28.8 Å². The summed E-state index contributed by atoms with van der Waals surface area (Å²) in [6.07, 6.45) is 0.933. The van der Waals surface area contributed by atoms with Crippen LogP contribution < -0.4 is 15.6 Å². The number of nitrogens with zero attached hydrogens (tertiary/aromatic N) is 3. The summed E-state index contributed by atoms with van der Waals surface area (Å²) in [6.45, 7) is 3.90. The van der Waals surface area contributed by atoms with Crippen LogP contribution in [-0.4, -0.2) is 33.7 Å². The van der Waals surface area contributed by atoms with Gasteiger partial charge in [0.25, 0.3) is 0 Å². The van der Waals surface area contributed by atoms with Gasteiger partial charge in [-0.05, 0) is 37.0 Å². The van der Waals surface area contributed by atoms with Crippen molar-refractivity contribution in [2.45, 2.75) is 33.1 Å². The van der Waals surface area contributed by atoms with Gasteiger partial charge in [-0.1, -0.05) is 30.3 Å². The molecule has 3 rings (SSSR count). The van der Waals surface area contributed by atoms with Crippen LogP contribution in [0.25, 0.3) is 11.0 Å². The number of aromatic nitrogens is 3. The number of hydrazine groups is 1. The molecule has 29 heavy (non-hydrogen) atoms. The number of methoxy groups -OCH3 is 1. The van der Waals surface area contributed by atoms with Crippen LogP contribution in [0, 0.1) is 13.8 Å². The fourth-order valence-electron chi connectivity index (χ4n) is 3.37. The van der Waals surface area contributed by atoms with Gasteiger partial charge in [-0.15, -0.1) is 5.10 Å². The molecule has 2 amide bonds. The lowest BCUT2D eigenvalue weighted by molar-refractivity contribution is -0.128. The molecule has 8 nitrogen and oxygen atoms in total. The maximum atomic E-state index is 12.2. The van der Waals surface area contributed by atoms with Crippen LogP contribution in [-0.2, 0) is 29.5 Å². The van der Waals surface area contributed by atoms with E-state index < -0.39 is 0 Å². The summed E-state index contributed by atoms with van der Waals surface area (Å²) in [6, 6.07) is 9.36. The van der Waals surface area contributed by atoms with Crippen LogP contribution in [0.2, 0.25) is 0 Å². The molecule has 0 saturated carbocycles. The molecule has 0 bridgehead atoms. The molecule has 0 radical (unpaired) electrons. The lowest BCUT2D eigenvalue weighted by atomic mass is 10.00. The average Bonchev–Trinajstić information content (AvgIpc) is 3.02. The molecule has 0 fully saturated rings. The van der Waals surface area contributed by atoms with Crippen LogP contribution in [0.15, 0.2) is 30.3 Å². The van der Waals surface area contributed by atoms with Gasteiger partial charge in [0.05, 0.1) is 18.9 Å². The second-order valence-corrected chi connectivity index (χ2v) is 6.89. The minimum absolute atomic E-state index is 0.209. The Labute approximate surface area is 169 Å². The fourth-order valence-corrected chi connectivity index (χ4v) is 3.37. The second kappa shape index (κ2) is 8.72. The summed E-state index contributed by atoms with van der Waals surface area (Å²) in [7, 11) is 3.40. The van der Waals surface area contributed by atoms with E-state index in [4.69, 9.17) is 4.74 Å². The number of carbonyl (C=O) groups is 2. The van der Waals surface area contributed by atoms with E-state index in [2.05, 4.69) is 20.9 Å². The molecule has 2 heterocycles. The predicted octanol–water partition coefficient (Wildman–Crippen LogP) is 1.92. The van der Waals surface area contributed by atoms with Crippen molar-refractivity contribution in [2.75, 3.05) is 7.11 Å². The zero-order valence-corrected chi connectivity index (χ0v) is 17.1. The monoisotopic (exact) mass is 395 g/mol. The van der Waals surface area contributed by atoms with E-state index in [0.717, 1.165) is 33.4 Å². The van der Waals surface area contributed by atoms with Crippen molar-refractivity contribution in [3.63, 3.8) is 0 Å². The highest BCUT2D eigenvalue weighted by molar-refractivity contribution is 5.87. The number of benzene rings is 1. The number of hydrogen-bond donors (Lipinski definition) is 2. The van der Waals surface area contributed by atoms with Crippen LogP contribution >= 0.6 is 0 Å². The van der Waals surface area contributed by atoms with E-state index in [1.807, 2.05) is 51.2 Å². The summed E-state index contributed by atoms with van der Waals surface area (Å²) in [5.41, 5.74) is 9.40. The predicted molar refractivity (Wildman–Crippen MR) is 109 cm³/mol. The van der Waals surface area contributed by atoms with Gasteiger partial charge in [0.1, 0.15) is 0 Å². The van der Waals surface area contributed by atoms with Gasteiger partial charge < -0.3 is 4.74 Å². The van der Waals surface area contributed by atoms with Gasteiger partial charge in [-0.3, -0.25) is 20.4 Å². The van der Waals surface area contributed by atoms with E-state index in [0.29, 0.717) is 12.3 Å². The largest absolute Gasteiger partial charge is 0.479 e. The number of pyridine rings is 1. The minimum atomic E-state index is -0.264. The number of fused-ring (bicyclic) bond motifs is 1. The highest BCUT2D eigenvalue weighted by Gasteiger charge is 2.18. The molecule has 0 atom stereocenters. The Morgan fingerprint density at radius 2 is 1.79 bits per heavy atom. The smallest absolute Gasteiger partial charge is 0.242 e. The Balaban J connectivity index is 1.61. The number of rotatable bonds is 6. The number of amides is 2.